The van der Waals surface area contributed by atoms with E-state index >= 15 is 0 Å². The Morgan fingerprint density at radius 1 is 1.00 bits per heavy atom. The highest BCUT2D eigenvalue weighted by atomic mass is 35.5. The van der Waals surface area contributed by atoms with Gasteiger partial charge in [0.05, 0.1) is 0 Å². The monoisotopic (exact) mass is 258 g/mol. The van der Waals surface area contributed by atoms with E-state index in [9.17, 15) is 9.59 Å². The second-order valence-electron chi connectivity index (χ2n) is 3.90. The molecule has 0 aliphatic rings. The van der Waals surface area contributed by atoms with Crippen molar-refractivity contribution in [3.05, 3.63) is 70.7 Å². The summed E-state index contributed by atoms with van der Waals surface area (Å²) in [5.74, 6) is -0.972. The van der Waals surface area contributed by atoms with Crippen LogP contribution < -0.4 is 0 Å². The fourth-order valence-corrected chi connectivity index (χ4v) is 1.87. The maximum Gasteiger partial charge on any atom is 0.177 e. The van der Waals surface area contributed by atoms with Crippen molar-refractivity contribution >= 4 is 23.7 Å². The molecule has 2 rings (SSSR count). The molecular weight excluding hydrogens is 248 g/mol. The molecule has 0 aliphatic heterocycles. The molecule has 1 atom stereocenters. The van der Waals surface area contributed by atoms with Crippen LogP contribution in [0.5, 0.6) is 0 Å². The molecule has 0 aliphatic carbocycles. The van der Waals surface area contributed by atoms with Gasteiger partial charge in [-0.25, -0.2) is 0 Å². The highest BCUT2D eigenvalue weighted by Crippen LogP contribution is 2.20. The number of benzene rings is 2. The molecule has 0 saturated heterocycles. The summed E-state index contributed by atoms with van der Waals surface area (Å²) in [6.45, 7) is 0. The second-order valence-corrected chi connectivity index (χ2v) is 4.33. The Morgan fingerprint density at radius 3 is 2.17 bits per heavy atom. The zero-order chi connectivity index (χ0) is 13.0. The minimum Gasteiger partial charge on any atom is -0.302 e. The van der Waals surface area contributed by atoms with Crippen molar-refractivity contribution in [1.82, 2.24) is 0 Å². The van der Waals surface area contributed by atoms with Gasteiger partial charge in [0.1, 0.15) is 12.2 Å². The fourth-order valence-electron chi connectivity index (χ4n) is 1.75. The van der Waals surface area contributed by atoms with E-state index in [4.69, 9.17) is 11.6 Å². The molecule has 18 heavy (non-hydrogen) atoms. The molecule has 0 aromatic heterocycles. The molecular formula is C15H11ClO2. The van der Waals surface area contributed by atoms with Gasteiger partial charge in [0.25, 0.3) is 0 Å². The Balaban J connectivity index is 2.31. The van der Waals surface area contributed by atoms with Gasteiger partial charge in [0.15, 0.2) is 5.78 Å². The van der Waals surface area contributed by atoms with E-state index in [1.165, 1.54) is 0 Å². The van der Waals surface area contributed by atoms with Crippen LogP contribution >= 0.6 is 11.6 Å². The largest absolute Gasteiger partial charge is 0.302 e. The molecule has 0 spiro atoms. The van der Waals surface area contributed by atoms with Gasteiger partial charge in [-0.05, 0) is 29.8 Å². The number of Topliss-reactive ketones (excluding diaryl/α,β-unsaturated/α-hetero) is 1. The summed E-state index contributed by atoms with van der Waals surface area (Å²) in [6.07, 6.45) is 0.673. The normalized spacial score (nSPS) is 11.8. The number of ketones is 1. The summed E-state index contributed by atoms with van der Waals surface area (Å²) in [5, 5.41) is 0.564. The molecule has 0 saturated carbocycles. The second kappa shape index (κ2) is 5.61. The van der Waals surface area contributed by atoms with Crippen LogP contribution in [0.15, 0.2) is 54.6 Å². The lowest BCUT2D eigenvalue weighted by atomic mass is 9.92. The zero-order valence-electron chi connectivity index (χ0n) is 9.55. The summed E-state index contributed by atoms with van der Waals surface area (Å²) in [4.78, 5) is 23.4. The molecule has 0 amide bonds. The third kappa shape index (κ3) is 2.66. The van der Waals surface area contributed by atoms with Crippen molar-refractivity contribution in [3.8, 4) is 0 Å². The first kappa shape index (κ1) is 12.5. The van der Waals surface area contributed by atoms with Crippen molar-refractivity contribution < 1.29 is 9.59 Å². The molecule has 2 aromatic carbocycles. The summed E-state index contributed by atoms with van der Waals surface area (Å²) in [7, 11) is 0. The van der Waals surface area contributed by atoms with Crippen molar-refractivity contribution in [2.45, 2.75) is 5.92 Å². The van der Waals surface area contributed by atoms with Crippen molar-refractivity contribution in [2.24, 2.45) is 0 Å². The van der Waals surface area contributed by atoms with Gasteiger partial charge in [-0.2, -0.15) is 0 Å². The Morgan fingerprint density at radius 2 is 1.61 bits per heavy atom. The molecule has 2 aromatic rings. The van der Waals surface area contributed by atoms with E-state index in [2.05, 4.69) is 0 Å². The highest BCUT2D eigenvalue weighted by molar-refractivity contribution is 6.30. The minimum atomic E-state index is -0.757. The van der Waals surface area contributed by atoms with E-state index in [0.29, 0.717) is 22.4 Å². The maximum atomic E-state index is 12.2. The van der Waals surface area contributed by atoms with Gasteiger partial charge in [0.2, 0.25) is 0 Å². The van der Waals surface area contributed by atoms with E-state index in [1.807, 2.05) is 6.07 Å². The summed E-state index contributed by atoms with van der Waals surface area (Å²) < 4.78 is 0. The number of rotatable bonds is 4. The van der Waals surface area contributed by atoms with Crippen LogP contribution in [-0.4, -0.2) is 12.1 Å². The first-order valence-corrected chi connectivity index (χ1v) is 5.90. The van der Waals surface area contributed by atoms with Gasteiger partial charge in [-0.1, -0.05) is 41.9 Å². The van der Waals surface area contributed by atoms with Gasteiger partial charge >= 0.3 is 0 Å². The van der Waals surface area contributed by atoms with Gasteiger partial charge in [-0.3, -0.25) is 4.79 Å². The van der Waals surface area contributed by atoms with E-state index in [-0.39, 0.29) is 5.78 Å². The molecule has 2 nitrogen and oxygen atoms in total. The molecule has 3 heteroatoms. The molecule has 90 valence electrons. The molecule has 1 unspecified atom stereocenters. The quantitative estimate of drug-likeness (QED) is 0.478. The third-order valence-corrected chi connectivity index (χ3v) is 2.96. The number of carbonyl (C=O) groups excluding carboxylic acids is 2. The summed E-state index contributed by atoms with van der Waals surface area (Å²) >= 11 is 5.77. The van der Waals surface area contributed by atoms with Crippen LogP contribution in [0.3, 0.4) is 0 Å². The lowest BCUT2D eigenvalue weighted by molar-refractivity contribution is -0.108. The molecule has 0 bridgehead atoms. The Bertz CT molecular complexity index is 546. The predicted molar refractivity (Wildman–Crippen MR) is 71.0 cm³/mol. The molecule has 0 heterocycles. The standard InChI is InChI=1S/C15H11ClO2/c16-13-8-6-12(7-9-13)15(18)14(10-17)11-4-2-1-3-5-11/h1-10,14H. The average molecular weight is 259 g/mol. The van der Waals surface area contributed by atoms with Crippen molar-refractivity contribution in [1.29, 1.82) is 0 Å². The highest BCUT2D eigenvalue weighted by Gasteiger charge is 2.20. The van der Waals surface area contributed by atoms with Crippen molar-refractivity contribution in [3.63, 3.8) is 0 Å². The molecule has 0 N–H and O–H groups in total. The third-order valence-electron chi connectivity index (χ3n) is 2.71. The van der Waals surface area contributed by atoms with Crippen LogP contribution in [0, 0.1) is 0 Å². The summed E-state index contributed by atoms with van der Waals surface area (Å²) in [5.41, 5.74) is 1.19. The summed E-state index contributed by atoms with van der Waals surface area (Å²) in [6, 6.07) is 15.5. The fraction of sp³-hybridized carbons (Fsp3) is 0.0667. The van der Waals surface area contributed by atoms with Gasteiger partial charge < -0.3 is 4.79 Å². The first-order chi connectivity index (χ1) is 8.72. The Hall–Kier alpha value is -1.93. The SMILES string of the molecule is O=CC(C(=O)c1ccc(Cl)cc1)c1ccccc1. The maximum absolute atomic E-state index is 12.2. The predicted octanol–water partition coefficient (Wildman–Crippen LogP) is 3.51. The average Bonchev–Trinajstić information content (AvgIpc) is 2.41. The van der Waals surface area contributed by atoms with Crippen LogP contribution in [-0.2, 0) is 4.79 Å². The lowest BCUT2D eigenvalue weighted by Gasteiger charge is -2.09. The smallest absolute Gasteiger partial charge is 0.177 e. The number of aldehydes is 1. The number of carbonyl (C=O) groups is 2. The number of halogens is 1. The Kier molecular flexibility index (Phi) is 3.90. The lowest BCUT2D eigenvalue weighted by Crippen LogP contribution is -2.14. The Labute approximate surface area is 110 Å². The van der Waals surface area contributed by atoms with Crippen LogP contribution in [0.2, 0.25) is 5.02 Å². The molecule has 0 fully saturated rings. The van der Waals surface area contributed by atoms with Crippen LogP contribution in [0.4, 0.5) is 0 Å². The van der Waals surface area contributed by atoms with Gasteiger partial charge in [-0.15, -0.1) is 0 Å². The van der Waals surface area contributed by atoms with Crippen molar-refractivity contribution in [2.75, 3.05) is 0 Å². The van der Waals surface area contributed by atoms with E-state index in [1.54, 1.807) is 48.5 Å². The number of hydrogen-bond donors (Lipinski definition) is 0. The van der Waals surface area contributed by atoms with Crippen LogP contribution in [0.25, 0.3) is 0 Å². The first-order valence-electron chi connectivity index (χ1n) is 5.52. The van der Waals surface area contributed by atoms with E-state index in [0.717, 1.165) is 0 Å². The van der Waals surface area contributed by atoms with Gasteiger partial charge in [0, 0.05) is 10.6 Å². The van der Waals surface area contributed by atoms with E-state index < -0.39 is 5.92 Å². The zero-order valence-corrected chi connectivity index (χ0v) is 10.3. The van der Waals surface area contributed by atoms with Crippen LogP contribution in [0.1, 0.15) is 21.8 Å². The minimum absolute atomic E-state index is 0.215. The topological polar surface area (TPSA) is 34.1 Å². The number of hydrogen-bond acceptors (Lipinski definition) is 2. The molecule has 0 radical (unpaired) electrons.